The molecule has 180 valence electrons. The summed E-state index contributed by atoms with van der Waals surface area (Å²) in [7, 11) is 1.60. The number of benzene rings is 1. The van der Waals surface area contributed by atoms with E-state index in [1.165, 1.54) is 0 Å². The van der Waals surface area contributed by atoms with Gasteiger partial charge in [0.2, 0.25) is 11.8 Å². The second-order valence-electron chi connectivity index (χ2n) is 9.81. The Morgan fingerprint density at radius 2 is 1.42 bits per heavy atom. The van der Waals surface area contributed by atoms with Gasteiger partial charge in [0, 0.05) is 36.7 Å². The fourth-order valence-electron chi connectivity index (χ4n) is 5.59. The molecule has 1 aromatic rings. The standard InChI is InChI=1S/C26H37N3O4/c1-33-21-14-12-18(13-15-21)24(30)27-22-10-4-5-11-23(22)28-25(31)20-9-6-16-29(17-20)26(32)19-7-2-3-8-19/h12-15,19-20,22-23H,2-11,16-17H2,1H3,(H,27,30)(H,28,31)/t20?,22-,23-/m1/s1. The smallest absolute Gasteiger partial charge is 0.251 e. The number of hydrogen-bond donors (Lipinski definition) is 2. The Labute approximate surface area is 196 Å². The first kappa shape index (κ1) is 23.6. The van der Waals surface area contributed by atoms with Crippen LogP contribution in [-0.4, -0.2) is 54.9 Å². The number of hydrogen-bond acceptors (Lipinski definition) is 4. The molecule has 3 amide bonds. The number of rotatable bonds is 6. The van der Waals surface area contributed by atoms with Crippen LogP contribution in [0.1, 0.15) is 74.6 Å². The third-order valence-corrected chi connectivity index (χ3v) is 7.57. The maximum Gasteiger partial charge on any atom is 0.251 e. The van der Waals surface area contributed by atoms with Crippen LogP contribution in [0.25, 0.3) is 0 Å². The molecule has 2 N–H and O–H groups in total. The van der Waals surface area contributed by atoms with Crippen LogP contribution in [-0.2, 0) is 9.59 Å². The van der Waals surface area contributed by atoms with E-state index in [1.54, 1.807) is 31.4 Å². The molecule has 1 heterocycles. The summed E-state index contributed by atoms with van der Waals surface area (Å²) in [5, 5.41) is 6.37. The van der Waals surface area contributed by atoms with Crippen LogP contribution in [0, 0.1) is 11.8 Å². The van der Waals surface area contributed by atoms with E-state index in [0.717, 1.165) is 70.8 Å². The van der Waals surface area contributed by atoms with Gasteiger partial charge in [-0.25, -0.2) is 0 Å². The Kier molecular flexibility index (Phi) is 7.89. The van der Waals surface area contributed by atoms with Gasteiger partial charge in [-0.2, -0.15) is 0 Å². The van der Waals surface area contributed by atoms with Crippen LogP contribution in [0.4, 0.5) is 0 Å². The van der Waals surface area contributed by atoms with Gasteiger partial charge in [0.1, 0.15) is 5.75 Å². The van der Waals surface area contributed by atoms with E-state index in [9.17, 15) is 14.4 Å². The van der Waals surface area contributed by atoms with Crippen molar-refractivity contribution < 1.29 is 19.1 Å². The molecule has 7 heteroatoms. The summed E-state index contributed by atoms with van der Waals surface area (Å²) in [6, 6.07) is 6.89. The average molecular weight is 456 g/mol. The molecule has 0 radical (unpaired) electrons. The van der Waals surface area contributed by atoms with Crippen molar-refractivity contribution in [2.45, 2.75) is 76.3 Å². The highest BCUT2D eigenvalue weighted by Gasteiger charge is 2.35. The van der Waals surface area contributed by atoms with Gasteiger partial charge in [-0.1, -0.05) is 25.7 Å². The Morgan fingerprint density at radius 3 is 2.09 bits per heavy atom. The molecule has 3 atom stereocenters. The summed E-state index contributed by atoms with van der Waals surface area (Å²) < 4.78 is 5.16. The molecule has 0 spiro atoms. The predicted molar refractivity (Wildman–Crippen MR) is 126 cm³/mol. The number of nitrogens with one attached hydrogen (secondary N) is 2. The predicted octanol–water partition coefficient (Wildman–Crippen LogP) is 3.28. The Balaban J connectivity index is 1.33. The lowest BCUT2D eigenvalue weighted by Gasteiger charge is -2.37. The van der Waals surface area contributed by atoms with Crippen LogP contribution < -0.4 is 15.4 Å². The maximum absolute atomic E-state index is 13.2. The molecule has 1 aromatic carbocycles. The van der Waals surface area contributed by atoms with Gasteiger partial charge in [0.15, 0.2) is 0 Å². The summed E-state index contributed by atoms with van der Waals surface area (Å²) in [5.74, 6) is 0.839. The van der Waals surface area contributed by atoms with E-state index in [4.69, 9.17) is 4.74 Å². The lowest BCUT2D eigenvalue weighted by atomic mass is 9.88. The van der Waals surface area contributed by atoms with Crippen LogP contribution in [0.5, 0.6) is 5.75 Å². The van der Waals surface area contributed by atoms with Crippen LogP contribution >= 0.6 is 0 Å². The molecule has 4 rings (SSSR count). The summed E-state index contributed by atoms with van der Waals surface area (Å²) in [6.07, 6.45) is 9.73. The van der Waals surface area contributed by atoms with Gasteiger partial charge in [0.05, 0.1) is 13.0 Å². The minimum atomic E-state index is -0.163. The molecule has 3 aliphatic rings. The topological polar surface area (TPSA) is 87.7 Å². The Hall–Kier alpha value is -2.57. The highest BCUT2D eigenvalue weighted by Crippen LogP contribution is 2.29. The van der Waals surface area contributed by atoms with Gasteiger partial charge in [-0.3, -0.25) is 14.4 Å². The number of carbonyl (C=O) groups excluding carboxylic acids is 3. The first-order chi connectivity index (χ1) is 16.0. The molecule has 3 fully saturated rings. The second-order valence-corrected chi connectivity index (χ2v) is 9.81. The molecule has 0 aromatic heterocycles. The summed E-state index contributed by atoms with van der Waals surface area (Å²) in [6.45, 7) is 1.29. The number of likely N-dealkylation sites (tertiary alicyclic amines) is 1. The van der Waals surface area contributed by atoms with Crippen molar-refractivity contribution in [3.63, 3.8) is 0 Å². The Morgan fingerprint density at radius 1 is 0.818 bits per heavy atom. The van der Waals surface area contributed by atoms with Gasteiger partial charge < -0.3 is 20.3 Å². The molecule has 7 nitrogen and oxygen atoms in total. The normalized spacial score (nSPS) is 26.0. The Bertz CT molecular complexity index is 834. The molecule has 1 aliphatic heterocycles. The second kappa shape index (κ2) is 11.0. The summed E-state index contributed by atoms with van der Waals surface area (Å²) in [5.41, 5.74) is 0.583. The number of piperidine rings is 1. The fourth-order valence-corrected chi connectivity index (χ4v) is 5.59. The van der Waals surface area contributed by atoms with Gasteiger partial charge >= 0.3 is 0 Å². The van der Waals surface area contributed by atoms with Gasteiger partial charge in [-0.15, -0.1) is 0 Å². The number of ether oxygens (including phenoxy) is 1. The first-order valence-corrected chi connectivity index (χ1v) is 12.6. The number of carbonyl (C=O) groups is 3. The van der Waals surface area contributed by atoms with E-state index in [-0.39, 0.29) is 41.6 Å². The van der Waals surface area contributed by atoms with Crippen LogP contribution in [0.15, 0.2) is 24.3 Å². The molecular weight excluding hydrogens is 418 g/mol. The highest BCUT2D eigenvalue weighted by molar-refractivity contribution is 5.94. The average Bonchev–Trinajstić information content (AvgIpc) is 3.40. The zero-order valence-corrected chi connectivity index (χ0v) is 19.7. The van der Waals surface area contributed by atoms with E-state index in [0.29, 0.717) is 17.9 Å². The van der Waals surface area contributed by atoms with Gasteiger partial charge in [-0.05, 0) is 62.8 Å². The molecule has 2 saturated carbocycles. The van der Waals surface area contributed by atoms with E-state index in [1.807, 2.05) is 4.90 Å². The van der Waals surface area contributed by atoms with Crippen molar-refractivity contribution in [3.05, 3.63) is 29.8 Å². The minimum Gasteiger partial charge on any atom is -0.497 e. The van der Waals surface area contributed by atoms with E-state index in [2.05, 4.69) is 10.6 Å². The van der Waals surface area contributed by atoms with E-state index < -0.39 is 0 Å². The van der Waals surface area contributed by atoms with Crippen molar-refractivity contribution >= 4 is 17.7 Å². The molecule has 2 aliphatic carbocycles. The van der Waals surface area contributed by atoms with Crippen LogP contribution in [0.3, 0.4) is 0 Å². The lowest BCUT2D eigenvalue weighted by molar-refractivity contribution is -0.139. The monoisotopic (exact) mass is 455 g/mol. The van der Waals surface area contributed by atoms with Crippen molar-refractivity contribution in [3.8, 4) is 5.75 Å². The van der Waals surface area contributed by atoms with Gasteiger partial charge in [0.25, 0.3) is 5.91 Å². The molecular formula is C26H37N3O4. The third kappa shape index (κ3) is 5.87. The lowest BCUT2D eigenvalue weighted by Crippen LogP contribution is -2.55. The minimum absolute atomic E-state index is 0.0227. The molecule has 1 saturated heterocycles. The van der Waals surface area contributed by atoms with E-state index >= 15 is 0 Å². The number of methoxy groups -OCH3 is 1. The quantitative estimate of drug-likeness (QED) is 0.689. The van der Waals surface area contributed by atoms with Crippen molar-refractivity contribution in [1.29, 1.82) is 0 Å². The van der Waals surface area contributed by atoms with Crippen LogP contribution in [0.2, 0.25) is 0 Å². The molecule has 33 heavy (non-hydrogen) atoms. The molecule has 0 bridgehead atoms. The van der Waals surface area contributed by atoms with Crippen molar-refractivity contribution in [2.75, 3.05) is 20.2 Å². The zero-order chi connectivity index (χ0) is 23.2. The third-order valence-electron chi connectivity index (χ3n) is 7.57. The zero-order valence-electron chi connectivity index (χ0n) is 19.7. The van der Waals surface area contributed by atoms with Crippen molar-refractivity contribution in [1.82, 2.24) is 15.5 Å². The maximum atomic E-state index is 13.2. The largest absolute Gasteiger partial charge is 0.497 e. The highest BCUT2D eigenvalue weighted by atomic mass is 16.5. The van der Waals surface area contributed by atoms with Crippen molar-refractivity contribution in [2.24, 2.45) is 11.8 Å². The SMILES string of the molecule is COc1ccc(C(=O)N[C@@H]2CCCC[C@H]2NC(=O)C2CCCN(C(=O)C3CCCC3)C2)cc1. The summed E-state index contributed by atoms with van der Waals surface area (Å²) in [4.78, 5) is 40.7. The summed E-state index contributed by atoms with van der Waals surface area (Å²) >= 11 is 0. The number of amides is 3. The molecule has 1 unspecified atom stereocenters. The first-order valence-electron chi connectivity index (χ1n) is 12.6. The fraction of sp³-hybridized carbons (Fsp3) is 0.654. The number of nitrogens with zero attached hydrogens (tertiary/aromatic N) is 1.